The fourth-order valence-corrected chi connectivity index (χ4v) is 8.42. The van der Waals surface area contributed by atoms with Gasteiger partial charge in [0.1, 0.15) is 27.8 Å². The van der Waals surface area contributed by atoms with Gasteiger partial charge in [0.25, 0.3) is 0 Å². The van der Waals surface area contributed by atoms with Gasteiger partial charge in [0.05, 0.1) is 27.8 Å². The molecule has 0 fully saturated rings. The van der Waals surface area contributed by atoms with Crippen molar-refractivity contribution in [2.45, 2.75) is 0 Å². The molecule has 0 radical (unpaired) electrons. The summed E-state index contributed by atoms with van der Waals surface area (Å²) in [6, 6.07) is 61.0. The largest absolute Gasteiger partial charge is 0.456 e. The minimum atomic E-state index is 0.586. The van der Waals surface area contributed by atoms with E-state index >= 15 is 0 Å². The first-order valence-corrected chi connectivity index (χ1v) is 18.4. The molecule has 0 amide bonds. The number of para-hydroxylation sites is 3. The molecular formula is C49H29N3O3. The Kier molecular flexibility index (Phi) is 6.24. The first-order chi connectivity index (χ1) is 27.3. The Bertz CT molecular complexity index is 3440. The molecule has 6 nitrogen and oxygen atoms in total. The molecule has 12 rings (SSSR count). The van der Waals surface area contributed by atoms with Crippen molar-refractivity contribution in [2.75, 3.05) is 4.90 Å². The number of nitrogens with zero attached hydrogens (tertiary/aromatic N) is 3. The lowest BCUT2D eigenvalue weighted by molar-refractivity contribution is 0.617. The molecule has 258 valence electrons. The highest BCUT2D eigenvalue weighted by Gasteiger charge is 2.25. The Morgan fingerprint density at radius 3 is 1.95 bits per heavy atom. The molecule has 0 N–H and O–H groups in total. The Hall–Kier alpha value is -7.57. The van der Waals surface area contributed by atoms with Crippen molar-refractivity contribution < 1.29 is 13.3 Å². The van der Waals surface area contributed by atoms with Crippen molar-refractivity contribution in [3.63, 3.8) is 0 Å². The molecule has 8 aromatic carbocycles. The number of hydrogen-bond donors (Lipinski definition) is 0. The topological polar surface area (TPSA) is 60.5 Å². The van der Waals surface area contributed by atoms with Crippen molar-refractivity contribution in [3.05, 3.63) is 176 Å². The lowest BCUT2D eigenvalue weighted by atomic mass is 10.0. The second-order valence-electron chi connectivity index (χ2n) is 13.9. The van der Waals surface area contributed by atoms with E-state index in [0.717, 1.165) is 94.1 Å². The summed E-state index contributed by atoms with van der Waals surface area (Å²) in [5.74, 6) is 0.586. The molecule has 0 spiro atoms. The first-order valence-electron chi connectivity index (χ1n) is 18.4. The van der Waals surface area contributed by atoms with Crippen LogP contribution in [0.5, 0.6) is 0 Å². The number of anilines is 3. The molecule has 0 unspecified atom stereocenters. The predicted octanol–water partition coefficient (Wildman–Crippen LogP) is 13.9. The van der Waals surface area contributed by atoms with E-state index < -0.39 is 0 Å². The van der Waals surface area contributed by atoms with Crippen LogP contribution in [0.2, 0.25) is 0 Å². The molecule has 0 bridgehead atoms. The van der Waals surface area contributed by atoms with Crippen LogP contribution in [0, 0.1) is 0 Å². The van der Waals surface area contributed by atoms with Crippen LogP contribution in [0.25, 0.3) is 93.9 Å². The van der Waals surface area contributed by atoms with Gasteiger partial charge in [0, 0.05) is 49.9 Å². The molecular weight excluding hydrogens is 679 g/mol. The van der Waals surface area contributed by atoms with Crippen LogP contribution in [0.15, 0.2) is 189 Å². The van der Waals surface area contributed by atoms with Crippen LogP contribution in [0.3, 0.4) is 0 Å². The molecule has 0 aliphatic carbocycles. The van der Waals surface area contributed by atoms with E-state index in [0.29, 0.717) is 11.5 Å². The molecule has 0 saturated carbocycles. The normalized spacial score (nSPS) is 12.0. The maximum Gasteiger partial charge on any atom is 0.227 e. The Labute approximate surface area is 313 Å². The Morgan fingerprint density at radius 2 is 1.07 bits per heavy atom. The zero-order chi connectivity index (χ0) is 36.0. The van der Waals surface area contributed by atoms with E-state index in [4.69, 9.17) is 18.2 Å². The minimum absolute atomic E-state index is 0.586. The average Bonchev–Trinajstić information content (AvgIpc) is 4.01. The zero-order valence-corrected chi connectivity index (χ0v) is 29.3. The smallest absolute Gasteiger partial charge is 0.227 e. The highest BCUT2D eigenvalue weighted by Crippen LogP contribution is 2.48. The summed E-state index contributed by atoms with van der Waals surface area (Å²) < 4.78 is 21.5. The SMILES string of the molecule is c1ccc(-c2nc3cc4c(cc3o2)oc2ccc(N(c3cccc5oc6ccccc6c35)c3cccc5c3c3ccccc3n5-c3ccccc3)cc24)cc1. The van der Waals surface area contributed by atoms with Gasteiger partial charge in [-0.3, -0.25) is 0 Å². The van der Waals surface area contributed by atoms with Crippen LogP contribution in [-0.4, -0.2) is 9.55 Å². The van der Waals surface area contributed by atoms with Gasteiger partial charge in [0.15, 0.2) is 5.58 Å². The van der Waals surface area contributed by atoms with E-state index in [9.17, 15) is 0 Å². The summed E-state index contributed by atoms with van der Waals surface area (Å²) in [6.07, 6.45) is 0. The molecule has 6 heteroatoms. The van der Waals surface area contributed by atoms with E-state index in [1.54, 1.807) is 0 Å². The van der Waals surface area contributed by atoms with E-state index in [2.05, 4.69) is 137 Å². The maximum atomic E-state index is 6.49. The number of rotatable bonds is 5. The molecule has 12 aromatic rings. The summed E-state index contributed by atoms with van der Waals surface area (Å²) in [7, 11) is 0. The molecule has 0 aliphatic rings. The Balaban J connectivity index is 1.15. The van der Waals surface area contributed by atoms with Crippen molar-refractivity contribution in [3.8, 4) is 17.1 Å². The lowest BCUT2D eigenvalue weighted by Crippen LogP contribution is -2.11. The van der Waals surface area contributed by atoms with Gasteiger partial charge in [-0.25, -0.2) is 4.98 Å². The van der Waals surface area contributed by atoms with Crippen LogP contribution >= 0.6 is 0 Å². The molecule has 0 atom stereocenters. The third kappa shape index (κ3) is 4.46. The number of fused-ring (bicyclic) bond motifs is 10. The number of oxazole rings is 1. The van der Waals surface area contributed by atoms with Crippen LogP contribution < -0.4 is 4.90 Å². The number of furan rings is 2. The maximum absolute atomic E-state index is 6.49. The summed E-state index contributed by atoms with van der Waals surface area (Å²) in [5.41, 5.74) is 12.1. The molecule has 0 saturated heterocycles. The Morgan fingerprint density at radius 1 is 0.418 bits per heavy atom. The fourth-order valence-electron chi connectivity index (χ4n) is 8.42. The third-order valence-electron chi connectivity index (χ3n) is 10.8. The van der Waals surface area contributed by atoms with E-state index in [-0.39, 0.29) is 0 Å². The van der Waals surface area contributed by atoms with Gasteiger partial charge in [0.2, 0.25) is 5.89 Å². The van der Waals surface area contributed by atoms with E-state index in [1.165, 1.54) is 5.39 Å². The van der Waals surface area contributed by atoms with Gasteiger partial charge in [-0.15, -0.1) is 0 Å². The molecule has 0 aliphatic heterocycles. The minimum Gasteiger partial charge on any atom is -0.456 e. The van der Waals surface area contributed by atoms with Crippen LogP contribution in [-0.2, 0) is 0 Å². The fraction of sp³-hybridized carbons (Fsp3) is 0. The van der Waals surface area contributed by atoms with Gasteiger partial charge in [-0.1, -0.05) is 84.9 Å². The van der Waals surface area contributed by atoms with Crippen LogP contribution in [0.1, 0.15) is 0 Å². The monoisotopic (exact) mass is 707 g/mol. The predicted molar refractivity (Wildman–Crippen MR) is 223 cm³/mol. The van der Waals surface area contributed by atoms with Crippen LogP contribution in [0.4, 0.5) is 17.1 Å². The van der Waals surface area contributed by atoms with Gasteiger partial charge in [-0.05, 0) is 84.9 Å². The van der Waals surface area contributed by atoms with Crippen molar-refractivity contribution in [2.24, 2.45) is 0 Å². The number of benzene rings is 8. The van der Waals surface area contributed by atoms with Crippen molar-refractivity contribution in [1.82, 2.24) is 9.55 Å². The van der Waals surface area contributed by atoms with Crippen molar-refractivity contribution in [1.29, 1.82) is 0 Å². The highest BCUT2D eigenvalue weighted by atomic mass is 16.4. The highest BCUT2D eigenvalue weighted by molar-refractivity contribution is 6.20. The molecule has 55 heavy (non-hydrogen) atoms. The quantitative estimate of drug-likeness (QED) is 0.178. The lowest BCUT2D eigenvalue weighted by Gasteiger charge is -2.27. The summed E-state index contributed by atoms with van der Waals surface area (Å²) in [6.45, 7) is 0. The van der Waals surface area contributed by atoms with Gasteiger partial charge in [-0.2, -0.15) is 0 Å². The summed E-state index contributed by atoms with van der Waals surface area (Å²) in [4.78, 5) is 7.27. The second-order valence-corrected chi connectivity index (χ2v) is 13.9. The zero-order valence-electron chi connectivity index (χ0n) is 29.3. The van der Waals surface area contributed by atoms with Gasteiger partial charge < -0.3 is 22.7 Å². The second kappa shape index (κ2) is 11.5. The molecule has 4 heterocycles. The average molecular weight is 708 g/mol. The summed E-state index contributed by atoms with van der Waals surface area (Å²) >= 11 is 0. The first kappa shape index (κ1) is 29.9. The third-order valence-corrected chi connectivity index (χ3v) is 10.8. The van der Waals surface area contributed by atoms with Crippen molar-refractivity contribution >= 4 is 93.8 Å². The standard InChI is InChI=1S/C49H29N3O3/c1-3-13-30(14-4-1)49-50-37-28-36-35-27-32(25-26-43(35)54-45(36)29-46(37)55-49)52(41-22-12-24-44-48(41)34-18-8-10-23-42(34)53-44)40-21-11-20-39-47(40)33-17-7-9-19-38(33)51(39)31-15-5-2-6-16-31/h1-29H. The van der Waals surface area contributed by atoms with E-state index in [1.807, 2.05) is 48.5 Å². The number of hydrogen-bond acceptors (Lipinski definition) is 5. The van der Waals surface area contributed by atoms with Gasteiger partial charge >= 0.3 is 0 Å². The molecule has 4 aromatic heterocycles. The number of aromatic nitrogens is 2. The summed E-state index contributed by atoms with van der Waals surface area (Å²) in [5, 5.41) is 6.41.